The van der Waals surface area contributed by atoms with Crippen LogP contribution in [0.3, 0.4) is 0 Å². The number of fused-ring (bicyclic) bond motifs is 2. The lowest BCUT2D eigenvalue weighted by Gasteiger charge is -2.24. The maximum atomic E-state index is 13.4. The van der Waals surface area contributed by atoms with E-state index in [9.17, 15) is 9.59 Å². The second-order valence-electron chi connectivity index (χ2n) is 6.78. The summed E-state index contributed by atoms with van der Waals surface area (Å²) in [6.07, 6.45) is 1.55. The van der Waals surface area contributed by atoms with Crippen molar-refractivity contribution in [3.8, 4) is 0 Å². The van der Waals surface area contributed by atoms with Gasteiger partial charge in [-0.1, -0.05) is 39.7 Å². The highest BCUT2D eigenvalue weighted by Crippen LogP contribution is 2.39. The predicted octanol–water partition coefficient (Wildman–Crippen LogP) is 5.55. The van der Waals surface area contributed by atoms with Crippen LogP contribution in [0.25, 0.3) is 11.0 Å². The molecule has 2 aromatic carbocycles. The van der Waals surface area contributed by atoms with Crippen molar-refractivity contribution >= 4 is 44.4 Å². The van der Waals surface area contributed by atoms with Gasteiger partial charge in [-0.05, 0) is 48.0 Å². The van der Waals surface area contributed by atoms with E-state index in [1.165, 1.54) is 0 Å². The molecule has 0 aliphatic carbocycles. The summed E-state index contributed by atoms with van der Waals surface area (Å²) >= 11 is 9.44. The normalized spacial score (nSPS) is 15.9. The molecule has 4 aromatic rings. The molecule has 1 aliphatic heterocycles. The van der Waals surface area contributed by atoms with Crippen LogP contribution in [0.5, 0.6) is 0 Å². The molecule has 1 atom stereocenters. The molecule has 1 aliphatic rings. The Kier molecular flexibility index (Phi) is 4.33. The number of benzene rings is 2. The Labute approximate surface area is 178 Å². The summed E-state index contributed by atoms with van der Waals surface area (Å²) in [5.41, 5.74) is 1.25. The quantitative estimate of drug-likeness (QED) is 0.394. The van der Waals surface area contributed by atoms with Gasteiger partial charge in [0, 0.05) is 9.50 Å². The molecule has 0 saturated carbocycles. The van der Waals surface area contributed by atoms with E-state index in [2.05, 4.69) is 15.9 Å². The fraction of sp³-hybridized carbons (Fsp3) is 0.0909. The lowest BCUT2D eigenvalue weighted by atomic mass is 9.98. The molecule has 0 spiro atoms. The fourth-order valence-electron chi connectivity index (χ4n) is 3.72. The lowest BCUT2D eigenvalue weighted by Crippen LogP contribution is -2.29. The number of rotatable bonds is 3. The van der Waals surface area contributed by atoms with E-state index in [4.69, 9.17) is 20.4 Å². The minimum absolute atomic E-state index is 0.0660. The Balaban J connectivity index is 1.75. The molecule has 1 amide bonds. The first-order chi connectivity index (χ1) is 14.0. The minimum Gasteiger partial charge on any atom is -0.467 e. The van der Waals surface area contributed by atoms with Gasteiger partial charge < -0.3 is 13.7 Å². The maximum absolute atomic E-state index is 13.4. The van der Waals surface area contributed by atoms with Crippen LogP contribution in [0.4, 0.5) is 0 Å². The van der Waals surface area contributed by atoms with Gasteiger partial charge in [0.25, 0.3) is 5.91 Å². The molecule has 0 saturated heterocycles. The van der Waals surface area contributed by atoms with Crippen molar-refractivity contribution in [3.05, 3.63) is 103 Å². The van der Waals surface area contributed by atoms with Gasteiger partial charge >= 0.3 is 0 Å². The van der Waals surface area contributed by atoms with Crippen molar-refractivity contribution < 1.29 is 13.6 Å². The first-order valence-corrected chi connectivity index (χ1v) is 10.0. The topological polar surface area (TPSA) is 63.7 Å². The molecule has 0 bridgehead atoms. The Hall–Kier alpha value is -2.83. The molecule has 5 rings (SSSR count). The van der Waals surface area contributed by atoms with Crippen LogP contribution in [0.15, 0.2) is 79.0 Å². The molecular weight excluding hydrogens is 458 g/mol. The van der Waals surface area contributed by atoms with E-state index in [0.29, 0.717) is 27.3 Å². The van der Waals surface area contributed by atoms with Crippen LogP contribution in [-0.4, -0.2) is 10.8 Å². The summed E-state index contributed by atoms with van der Waals surface area (Å²) < 4.78 is 12.1. The molecule has 29 heavy (non-hydrogen) atoms. The third-order valence-corrected chi connectivity index (χ3v) is 5.76. The minimum atomic E-state index is -0.598. The standard InChI is InChI=1S/C22H13BrClNO4/c23-13-5-8-17-16(10-13)20(26)18-19(12-3-6-14(24)7-4-12)25(22(27)21(18)29-17)11-15-2-1-9-28-15/h1-10,19H,11H2. The summed E-state index contributed by atoms with van der Waals surface area (Å²) in [4.78, 5) is 28.2. The van der Waals surface area contributed by atoms with E-state index in [-0.39, 0.29) is 23.6 Å². The number of nitrogens with zero attached hydrogens (tertiary/aromatic N) is 1. The predicted molar refractivity (Wildman–Crippen MR) is 112 cm³/mol. The second-order valence-corrected chi connectivity index (χ2v) is 8.13. The first-order valence-electron chi connectivity index (χ1n) is 8.88. The summed E-state index contributed by atoms with van der Waals surface area (Å²) in [5.74, 6) is 0.333. The summed E-state index contributed by atoms with van der Waals surface area (Å²) in [7, 11) is 0. The zero-order chi connectivity index (χ0) is 20.1. The number of carbonyl (C=O) groups is 1. The van der Waals surface area contributed by atoms with Gasteiger partial charge in [0.2, 0.25) is 5.76 Å². The molecule has 0 radical (unpaired) electrons. The zero-order valence-corrected chi connectivity index (χ0v) is 17.2. The van der Waals surface area contributed by atoms with Crippen LogP contribution in [-0.2, 0) is 6.54 Å². The highest BCUT2D eigenvalue weighted by Gasteiger charge is 2.43. The Bertz CT molecular complexity index is 1300. The van der Waals surface area contributed by atoms with E-state index >= 15 is 0 Å². The molecule has 3 heterocycles. The van der Waals surface area contributed by atoms with Crippen molar-refractivity contribution in [2.24, 2.45) is 0 Å². The average Bonchev–Trinajstić information content (AvgIpc) is 3.32. The van der Waals surface area contributed by atoms with E-state index in [0.717, 1.165) is 10.0 Å². The van der Waals surface area contributed by atoms with Gasteiger partial charge in [-0.3, -0.25) is 9.59 Å². The average molecular weight is 471 g/mol. The molecule has 0 N–H and O–H groups in total. The number of hydrogen-bond donors (Lipinski definition) is 0. The molecule has 144 valence electrons. The van der Waals surface area contributed by atoms with Crippen molar-refractivity contribution in [1.82, 2.24) is 4.90 Å². The van der Waals surface area contributed by atoms with E-state index in [1.807, 2.05) is 12.1 Å². The zero-order valence-electron chi connectivity index (χ0n) is 14.9. The third-order valence-electron chi connectivity index (χ3n) is 5.02. The number of amides is 1. The van der Waals surface area contributed by atoms with Crippen molar-refractivity contribution in [2.45, 2.75) is 12.6 Å². The van der Waals surface area contributed by atoms with Gasteiger partial charge in [-0.2, -0.15) is 0 Å². The summed E-state index contributed by atoms with van der Waals surface area (Å²) in [6, 6.07) is 15.2. The molecule has 2 aromatic heterocycles. The van der Waals surface area contributed by atoms with Crippen LogP contribution in [0.2, 0.25) is 5.02 Å². The van der Waals surface area contributed by atoms with Gasteiger partial charge in [-0.25, -0.2) is 0 Å². The summed E-state index contributed by atoms with van der Waals surface area (Å²) in [6.45, 7) is 0.211. The van der Waals surface area contributed by atoms with Gasteiger partial charge in [0.05, 0.1) is 29.8 Å². The second kappa shape index (κ2) is 6.90. The highest BCUT2D eigenvalue weighted by atomic mass is 79.9. The van der Waals surface area contributed by atoms with Crippen LogP contribution in [0, 0.1) is 0 Å². The van der Waals surface area contributed by atoms with E-state index in [1.54, 1.807) is 53.6 Å². The van der Waals surface area contributed by atoms with Gasteiger partial charge in [0.15, 0.2) is 5.43 Å². The van der Waals surface area contributed by atoms with Crippen LogP contribution < -0.4 is 5.43 Å². The SMILES string of the molecule is O=C1c2oc3ccc(Br)cc3c(=O)c2C(c2ccc(Cl)cc2)N1Cc1ccco1. The third kappa shape index (κ3) is 2.99. The molecule has 1 unspecified atom stereocenters. The largest absolute Gasteiger partial charge is 0.467 e. The van der Waals surface area contributed by atoms with Crippen molar-refractivity contribution in [1.29, 1.82) is 0 Å². The number of carbonyl (C=O) groups excluding carboxylic acids is 1. The molecular formula is C22H13BrClNO4. The lowest BCUT2D eigenvalue weighted by molar-refractivity contribution is 0.0701. The van der Waals surface area contributed by atoms with Crippen LogP contribution >= 0.6 is 27.5 Å². The van der Waals surface area contributed by atoms with Gasteiger partial charge in [-0.15, -0.1) is 0 Å². The molecule has 7 heteroatoms. The van der Waals surface area contributed by atoms with Crippen molar-refractivity contribution in [2.75, 3.05) is 0 Å². The number of furan rings is 1. The Morgan fingerprint density at radius 2 is 1.86 bits per heavy atom. The smallest absolute Gasteiger partial charge is 0.291 e. The van der Waals surface area contributed by atoms with Crippen molar-refractivity contribution in [3.63, 3.8) is 0 Å². The first kappa shape index (κ1) is 18.2. The molecule has 5 nitrogen and oxygen atoms in total. The molecule has 0 fully saturated rings. The number of hydrogen-bond acceptors (Lipinski definition) is 4. The Morgan fingerprint density at radius 3 is 2.59 bits per heavy atom. The maximum Gasteiger partial charge on any atom is 0.291 e. The summed E-state index contributed by atoms with van der Waals surface area (Å²) in [5, 5.41) is 0.995. The number of halogens is 2. The van der Waals surface area contributed by atoms with Gasteiger partial charge in [0.1, 0.15) is 11.3 Å². The highest BCUT2D eigenvalue weighted by molar-refractivity contribution is 9.10. The monoisotopic (exact) mass is 469 g/mol. The van der Waals surface area contributed by atoms with Crippen LogP contribution in [0.1, 0.15) is 33.5 Å². The fourth-order valence-corrected chi connectivity index (χ4v) is 4.20. The Morgan fingerprint density at radius 1 is 1.07 bits per heavy atom. The van der Waals surface area contributed by atoms with E-state index < -0.39 is 6.04 Å².